The number of unbranched alkanes of at least 4 members (excludes halogenated alkanes) is 1. The molecule has 0 aliphatic carbocycles. The first-order valence-corrected chi connectivity index (χ1v) is 7.50. The van der Waals surface area contributed by atoms with Gasteiger partial charge in [-0.15, -0.1) is 0 Å². The van der Waals surface area contributed by atoms with Crippen LogP contribution in [0, 0.1) is 0 Å². The summed E-state index contributed by atoms with van der Waals surface area (Å²) >= 11 is 0. The van der Waals surface area contributed by atoms with E-state index in [9.17, 15) is 15.0 Å². The lowest BCUT2D eigenvalue weighted by atomic mass is 9.98. The summed E-state index contributed by atoms with van der Waals surface area (Å²) in [5.41, 5.74) is 2.11. The topological polar surface area (TPSA) is 57.5 Å². The van der Waals surface area contributed by atoms with E-state index in [1.807, 2.05) is 32.1 Å². The molecule has 0 spiro atoms. The largest absolute Gasteiger partial charge is 0.507 e. The zero-order chi connectivity index (χ0) is 16.5. The van der Waals surface area contributed by atoms with E-state index >= 15 is 0 Å². The third-order valence-electron chi connectivity index (χ3n) is 3.25. The summed E-state index contributed by atoms with van der Waals surface area (Å²) < 4.78 is 0. The molecule has 0 aliphatic rings. The van der Waals surface area contributed by atoms with E-state index in [0.717, 1.165) is 18.4 Å². The van der Waals surface area contributed by atoms with Gasteiger partial charge in [-0.3, -0.25) is 4.79 Å². The number of hydrogen-bond acceptors (Lipinski definition) is 3. The van der Waals surface area contributed by atoms with Crippen molar-refractivity contribution < 1.29 is 15.0 Å². The summed E-state index contributed by atoms with van der Waals surface area (Å²) in [6.45, 7) is 6.00. The SMILES string of the molecule is CCC/C=C/C=C/c1c(O)cc(CC=C(C)C)c(O)c1C=O. The first-order chi connectivity index (χ1) is 10.5. The van der Waals surface area contributed by atoms with Gasteiger partial charge in [0.2, 0.25) is 0 Å². The van der Waals surface area contributed by atoms with Crippen molar-refractivity contribution in [2.45, 2.75) is 40.0 Å². The highest BCUT2D eigenvalue weighted by molar-refractivity contribution is 5.88. The molecule has 3 nitrogen and oxygen atoms in total. The number of phenolic OH excluding ortho intramolecular Hbond substituents is 2. The minimum absolute atomic E-state index is 0.00259. The van der Waals surface area contributed by atoms with Gasteiger partial charge in [-0.25, -0.2) is 0 Å². The molecule has 1 rings (SSSR count). The number of allylic oxidation sites excluding steroid dienone is 5. The van der Waals surface area contributed by atoms with Crippen LogP contribution in [0.15, 0.2) is 35.9 Å². The fourth-order valence-corrected chi connectivity index (χ4v) is 2.01. The lowest BCUT2D eigenvalue weighted by Gasteiger charge is -2.10. The Morgan fingerprint density at radius 2 is 1.91 bits per heavy atom. The molecule has 0 heterocycles. The van der Waals surface area contributed by atoms with Crippen LogP contribution in [0.25, 0.3) is 6.08 Å². The smallest absolute Gasteiger partial charge is 0.154 e. The second-order valence-corrected chi connectivity index (χ2v) is 5.41. The third-order valence-corrected chi connectivity index (χ3v) is 3.25. The molecular weight excluding hydrogens is 276 g/mol. The molecule has 0 saturated heterocycles. The Morgan fingerprint density at radius 1 is 1.18 bits per heavy atom. The molecule has 2 N–H and O–H groups in total. The second kappa shape index (κ2) is 8.88. The maximum absolute atomic E-state index is 11.3. The standard InChI is InChI=1S/C19H24O3/c1-4-5-6-7-8-9-16-17(13-20)19(22)15(12-18(16)21)11-10-14(2)3/h6-10,12-13,21-22H,4-5,11H2,1-3H3/b7-6+,9-8+. The predicted octanol–water partition coefficient (Wildman–Crippen LogP) is 4.79. The van der Waals surface area contributed by atoms with Gasteiger partial charge in [-0.2, -0.15) is 0 Å². The molecule has 3 heteroatoms. The number of aromatic hydroxyl groups is 2. The highest BCUT2D eigenvalue weighted by Gasteiger charge is 2.14. The molecule has 0 bridgehead atoms. The number of phenols is 2. The Kier molecular flexibility index (Phi) is 7.17. The van der Waals surface area contributed by atoms with Gasteiger partial charge >= 0.3 is 0 Å². The molecule has 0 aromatic heterocycles. The summed E-state index contributed by atoms with van der Waals surface area (Å²) in [5, 5.41) is 20.4. The van der Waals surface area contributed by atoms with Crippen LogP contribution >= 0.6 is 0 Å². The lowest BCUT2D eigenvalue weighted by molar-refractivity contribution is 0.112. The minimum atomic E-state index is -0.0671. The summed E-state index contributed by atoms with van der Waals surface area (Å²) in [5.74, 6) is -0.0697. The third kappa shape index (κ3) is 4.92. The predicted molar refractivity (Wildman–Crippen MR) is 91.4 cm³/mol. The molecule has 0 unspecified atom stereocenters. The van der Waals surface area contributed by atoms with Crippen LogP contribution in [0.3, 0.4) is 0 Å². The Morgan fingerprint density at radius 3 is 2.50 bits per heavy atom. The Bertz CT molecular complexity index is 604. The van der Waals surface area contributed by atoms with Gasteiger partial charge in [0.05, 0.1) is 5.56 Å². The zero-order valence-electron chi connectivity index (χ0n) is 13.5. The molecular formula is C19H24O3. The molecule has 1 aromatic carbocycles. The van der Waals surface area contributed by atoms with Crippen molar-refractivity contribution in [1.29, 1.82) is 0 Å². The quantitative estimate of drug-likeness (QED) is 0.329. The van der Waals surface area contributed by atoms with E-state index in [0.29, 0.717) is 23.8 Å². The second-order valence-electron chi connectivity index (χ2n) is 5.41. The highest BCUT2D eigenvalue weighted by atomic mass is 16.3. The molecule has 0 aliphatic heterocycles. The number of benzene rings is 1. The summed E-state index contributed by atoms with van der Waals surface area (Å²) in [6.07, 6.45) is 12.3. The molecule has 0 atom stereocenters. The van der Waals surface area contributed by atoms with Gasteiger partial charge in [0.25, 0.3) is 0 Å². The lowest BCUT2D eigenvalue weighted by Crippen LogP contribution is -1.94. The van der Waals surface area contributed by atoms with Gasteiger partial charge in [-0.05, 0) is 32.8 Å². The van der Waals surface area contributed by atoms with Crippen LogP contribution < -0.4 is 0 Å². The Balaban J connectivity index is 3.16. The van der Waals surface area contributed by atoms with E-state index in [2.05, 4.69) is 6.92 Å². The maximum atomic E-state index is 11.3. The van der Waals surface area contributed by atoms with Gasteiger partial charge in [-0.1, -0.05) is 49.3 Å². The van der Waals surface area contributed by atoms with Crippen molar-refractivity contribution in [2.75, 3.05) is 0 Å². The van der Waals surface area contributed by atoms with Gasteiger partial charge in [0.1, 0.15) is 11.5 Å². The van der Waals surface area contributed by atoms with Crippen LogP contribution in [0.4, 0.5) is 0 Å². The maximum Gasteiger partial charge on any atom is 0.154 e. The molecule has 22 heavy (non-hydrogen) atoms. The summed E-state index contributed by atoms with van der Waals surface area (Å²) in [4.78, 5) is 11.3. The number of carbonyl (C=O) groups is 1. The van der Waals surface area contributed by atoms with Crippen molar-refractivity contribution in [3.8, 4) is 11.5 Å². The first kappa shape index (κ1) is 17.8. The average Bonchev–Trinajstić information content (AvgIpc) is 2.48. The van der Waals surface area contributed by atoms with Crippen molar-refractivity contribution in [3.05, 3.63) is 52.6 Å². The molecule has 118 valence electrons. The normalized spacial score (nSPS) is 11.2. The van der Waals surface area contributed by atoms with Gasteiger partial charge in [0, 0.05) is 11.1 Å². The van der Waals surface area contributed by atoms with Crippen molar-refractivity contribution in [3.63, 3.8) is 0 Å². The summed E-state index contributed by atoms with van der Waals surface area (Å²) in [6, 6.07) is 1.51. The number of hydrogen-bond donors (Lipinski definition) is 2. The Labute approximate surface area is 132 Å². The molecule has 0 fully saturated rings. The monoisotopic (exact) mass is 300 g/mol. The minimum Gasteiger partial charge on any atom is -0.507 e. The van der Waals surface area contributed by atoms with Crippen LogP contribution in [0.2, 0.25) is 0 Å². The van der Waals surface area contributed by atoms with E-state index in [4.69, 9.17) is 0 Å². The van der Waals surface area contributed by atoms with Gasteiger partial charge < -0.3 is 10.2 Å². The number of carbonyl (C=O) groups excluding carboxylic acids is 1. The van der Waals surface area contributed by atoms with E-state index < -0.39 is 0 Å². The molecule has 1 aromatic rings. The van der Waals surface area contributed by atoms with Gasteiger partial charge in [0.15, 0.2) is 6.29 Å². The number of rotatable bonds is 7. The van der Waals surface area contributed by atoms with Crippen molar-refractivity contribution >= 4 is 12.4 Å². The van der Waals surface area contributed by atoms with E-state index in [-0.39, 0.29) is 17.1 Å². The first-order valence-electron chi connectivity index (χ1n) is 7.50. The number of aldehydes is 1. The fraction of sp³-hybridized carbons (Fsp3) is 0.316. The van der Waals surface area contributed by atoms with E-state index in [1.54, 1.807) is 12.2 Å². The van der Waals surface area contributed by atoms with Crippen molar-refractivity contribution in [2.24, 2.45) is 0 Å². The highest BCUT2D eigenvalue weighted by Crippen LogP contribution is 2.33. The Hall–Kier alpha value is -2.29. The van der Waals surface area contributed by atoms with E-state index in [1.165, 1.54) is 6.07 Å². The fourth-order valence-electron chi connectivity index (χ4n) is 2.01. The van der Waals surface area contributed by atoms with Crippen LogP contribution in [0.1, 0.15) is 55.1 Å². The van der Waals surface area contributed by atoms with Crippen LogP contribution in [-0.4, -0.2) is 16.5 Å². The summed E-state index contributed by atoms with van der Waals surface area (Å²) in [7, 11) is 0. The van der Waals surface area contributed by atoms with Crippen molar-refractivity contribution in [1.82, 2.24) is 0 Å². The average molecular weight is 300 g/mol. The molecule has 0 amide bonds. The molecule has 0 radical (unpaired) electrons. The van der Waals surface area contributed by atoms with Crippen LogP contribution in [0.5, 0.6) is 11.5 Å². The van der Waals surface area contributed by atoms with Crippen LogP contribution in [-0.2, 0) is 6.42 Å². The zero-order valence-corrected chi connectivity index (χ0v) is 13.5. The molecule has 0 saturated carbocycles.